The van der Waals surface area contributed by atoms with E-state index in [9.17, 15) is 4.79 Å². The number of benzene rings is 1. The van der Waals surface area contributed by atoms with E-state index in [1.807, 2.05) is 0 Å². The van der Waals surface area contributed by atoms with Gasteiger partial charge in [0, 0.05) is 28.5 Å². The smallest absolute Gasteiger partial charge is 0.196 e. The number of ketones is 1. The first-order chi connectivity index (χ1) is 8.60. The molecule has 0 aliphatic heterocycles. The standard InChI is InChI=1S/C13H14BrN3O/c1-2-3-17-8-10(7-16-17)13(18)9-4-11(14)6-12(15)5-9/h4-8H,2-3,15H2,1H3. The average molecular weight is 308 g/mol. The van der Waals surface area contributed by atoms with Crippen LogP contribution in [0.5, 0.6) is 0 Å². The van der Waals surface area contributed by atoms with E-state index in [1.165, 1.54) is 0 Å². The van der Waals surface area contributed by atoms with Crippen molar-refractivity contribution in [3.63, 3.8) is 0 Å². The number of nitrogens with two attached hydrogens (primary N) is 1. The molecule has 0 atom stereocenters. The summed E-state index contributed by atoms with van der Waals surface area (Å²) in [6.45, 7) is 2.88. The van der Waals surface area contributed by atoms with Crippen molar-refractivity contribution < 1.29 is 4.79 Å². The Morgan fingerprint density at radius 3 is 2.83 bits per heavy atom. The monoisotopic (exact) mass is 307 g/mol. The number of hydrogen-bond acceptors (Lipinski definition) is 3. The third-order valence-electron chi connectivity index (χ3n) is 2.53. The first-order valence-electron chi connectivity index (χ1n) is 5.73. The zero-order chi connectivity index (χ0) is 13.1. The Kier molecular flexibility index (Phi) is 3.81. The lowest BCUT2D eigenvalue weighted by Gasteiger charge is -2.01. The summed E-state index contributed by atoms with van der Waals surface area (Å²) >= 11 is 3.33. The molecule has 0 spiro atoms. The fourth-order valence-electron chi connectivity index (χ4n) is 1.74. The van der Waals surface area contributed by atoms with Crippen molar-refractivity contribution in [2.75, 3.05) is 5.73 Å². The van der Waals surface area contributed by atoms with Gasteiger partial charge in [-0.1, -0.05) is 22.9 Å². The van der Waals surface area contributed by atoms with Gasteiger partial charge in [-0.15, -0.1) is 0 Å². The second-order valence-corrected chi connectivity index (χ2v) is 5.01. The summed E-state index contributed by atoms with van der Waals surface area (Å²) in [7, 11) is 0. The highest BCUT2D eigenvalue weighted by Crippen LogP contribution is 2.19. The van der Waals surface area contributed by atoms with E-state index in [0.29, 0.717) is 16.8 Å². The molecule has 5 heteroatoms. The van der Waals surface area contributed by atoms with Gasteiger partial charge in [-0.2, -0.15) is 5.10 Å². The number of carbonyl (C=O) groups is 1. The molecule has 0 aliphatic carbocycles. The zero-order valence-corrected chi connectivity index (χ0v) is 11.6. The zero-order valence-electron chi connectivity index (χ0n) is 10.1. The van der Waals surface area contributed by atoms with Crippen LogP contribution < -0.4 is 5.73 Å². The van der Waals surface area contributed by atoms with Gasteiger partial charge in [0.25, 0.3) is 0 Å². The molecule has 0 aliphatic rings. The van der Waals surface area contributed by atoms with Gasteiger partial charge in [0.15, 0.2) is 5.78 Å². The molecule has 94 valence electrons. The Bertz CT molecular complexity index is 557. The molecule has 0 unspecified atom stereocenters. The van der Waals surface area contributed by atoms with E-state index < -0.39 is 0 Å². The molecule has 18 heavy (non-hydrogen) atoms. The topological polar surface area (TPSA) is 60.9 Å². The summed E-state index contributed by atoms with van der Waals surface area (Å²) in [5.41, 5.74) is 7.44. The maximum Gasteiger partial charge on any atom is 0.196 e. The maximum atomic E-state index is 12.2. The number of nitrogen functional groups attached to an aromatic ring is 1. The highest BCUT2D eigenvalue weighted by atomic mass is 79.9. The minimum Gasteiger partial charge on any atom is -0.399 e. The summed E-state index contributed by atoms with van der Waals surface area (Å²) in [5.74, 6) is -0.0645. The van der Waals surface area contributed by atoms with Gasteiger partial charge in [-0.05, 0) is 24.6 Å². The minimum atomic E-state index is -0.0645. The molecule has 0 radical (unpaired) electrons. The number of aromatic nitrogens is 2. The second-order valence-electron chi connectivity index (χ2n) is 4.09. The van der Waals surface area contributed by atoms with Crippen LogP contribution >= 0.6 is 15.9 Å². The number of carbonyl (C=O) groups excluding carboxylic acids is 1. The lowest BCUT2D eigenvalue weighted by Crippen LogP contribution is -2.02. The molecular weight excluding hydrogens is 294 g/mol. The number of nitrogens with zero attached hydrogens (tertiary/aromatic N) is 2. The SMILES string of the molecule is CCCn1cc(C(=O)c2cc(N)cc(Br)c2)cn1. The molecule has 1 heterocycles. The molecule has 1 aromatic carbocycles. The number of halogens is 1. The van der Waals surface area contributed by atoms with Crippen molar-refractivity contribution >= 4 is 27.4 Å². The fraction of sp³-hybridized carbons (Fsp3) is 0.231. The van der Waals surface area contributed by atoms with Crippen molar-refractivity contribution in [1.82, 2.24) is 9.78 Å². The van der Waals surface area contributed by atoms with Crippen LogP contribution in [0, 0.1) is 0 Å². The molecule has 4 nitrogen and oxygen atoms in total. The van der Waals surface area contributed by atoms with Crippen molar-refractivity contribution in [2.45, 2.75) is 19.9 Å². The molecule has 0 fully saturated rings. The Labute approximate surface area is 114 Å². The quantitative estimate of drug-likeness (QED) is 0.698. The number of aryl methyl sites for hydroxylation is 1. The lowest BCUT2D eigenvalue weighted by molar-refractivity contribution is 0.103. The highest BCUT2D eigenvalue weighted by molar-refractivity contribution is 9.10. The summed E-state index contributed by atoms with van der Waals surface area (Å²) < 4.78 is 2.57. The third kappa shape index (κ3) is 2.79. The predicted molar refractivity (Wildman–Crippen MR) is 74.5 cm³/mol. The molecule has 2 rings (SSSR count). The number of hydrogen-bond donors (Lipinski definition) is 1. The summed E-state index contributed by atoms with van der Waals surface area (Å²) in [6, 6.07) is 5.19. The first-order valence-corrected chi connectivity index (χ1v) is 6.52. The van der Waals surface area contributed by atoms with Gasteiger partial charge < -0.3 is 5.73 Å². The van der Waals surface area contributed by atoms with E-state index in [1.54, 1.807) is 35.3 Å². The largest absolute Gasteiger partial charge is 0.399 e. The highest BCUT2D eigenvalue weighted by Gasteiger charge is 2.12. The van der Waals surface area contributed by atoms with Crippen LogP contribution in [0.1, 0.15) is 29.3 Å². The van der Waals surface area contributed by atoms with Crippen molar-refractivity contribution in [3.8, 4) is 0 Å². The molecular formula is C13H14BrN3O. The number of anilines is 1. The van der Waals surface area contributed by atoms with Crippen LogP contribution in [0.4, 0.5) is 5.69 Å². The molecule has 0 saturated heterocycles. The van der Waals surface area contributed by atoms with Crippen LogP contribution in [-0.2, 0) is 6.54 Å². The van der Waals surface area contributed by atoms with E-state index in [0.717, 1.165) is 17.4 Å². The Morgan fingerprint density at radius 2 is 2.17 bits per heavy atom. The van der Waals surface area contributed by atoms with Gasteiger partial charge in [0.2, 0.25) is 0 Å². The average Bonchev–Trinajstić information content (AvgIpc) is 2.76. The van der Waals surface area contributed by atoms with E-state index in [2.05, 4.69) is 28.0 Å². The third-order valence-corrected chi connectivity index (χ3v) is 2.99. The predicted octanol–water partition coefficient (Wildman–Crippen LogP) is 2.87. The Morgan fingerprint density at radius 1 is 1.39 bits per heavy atom. The molecule has 2 N–H and O–H groups in total. The van der Waals surface area contributed by atoms with Gasteiger partial charge in [-0.3, -0.25) is 9.48 Å². The second kappa shape index (κ2) is 5.35. The first kappa shape index (κ1) is 12.8. The fourth-order valence-corrected chi connectivity index (χ4v) is 2.25. The summed E-state index contributed by atoms with van der Waals surface area (Å²) in [5, 5.41) is 4.15. The minimum absolute atomic E-state index is 0.0645. The van der Waals surface area contributed by atoms with Crippen molar-refractivity contribution in [2.24, 2.45) is 0 Å². The Balaban J connectivity index is 2.29. The lowest BCUT2D eigenvalue weighted by atomic mass is 10.1. The molecule has 0 bridgehead atoms. The summed E-state index contributed by atoms with van der Waals surface area (Å²) in [6.07, 6.45) is 4.34. The normalized spacial score (nSPS) is 10.6. The maximum absolute atomic E-state index is 12.2. The number of rotatable bonds is 4. The van der Waals surface area contributed by atoms with Crippen molar-refractivity contribution in [1.29, 1.82) is 0 Å². The van der Waals surface area contributed by atoms with Crippen LogP contribution in [0.25, 0.3) is 0 Å². The van der Waals surface area contributed by atoms with Crippen LogP contribution in [0.3, 0.4) is 0 Å². The van der Waals surface area contributed by atoms with Gasteiger partial charge in [0.05, 0.1) is 11.8 Å². The van der Waals surface area contributed by atoms with Crippen LogP contribution in [-0.4, -0.2) is 15.6 Å². The van der Waals surface area contributed by atoms with Gasteiger partial charge >= 0.3 is 0 Å². The van der Waals surface area contributed by atoms with Gasteiger partial charge in [-0.25, -0.2) is 0 Å². The van der Waals surface area contributed by atoms with E-state index in [4.69, 9.17) is 5.73 Å². The van der Waals surface area contributed by atoms with Crippen molar-refractivity contribution in [3.05, 3.63) is 46.2 Å². The Hall–Kier alpha value is -1.62. The van der Waals surface area contributed by atoms with E-state index in [-0.39, 0.29) is 5.78 Å². The molecule has 0 amide bonds. The van der Waals surface area contributed by atoms with Crippen LogP contribution in [0.15, 0.2) is 35.1 Å². The van der Waals surface area contributed by atoms with Gasteiger partial charge in [0.1, 0.15) is 0 Å². The van der Waals surface area contributed by atoms with Crippen LogP contribution in [0.2, 0.25) is 0 Å². The summed E-state index contributed by atoms with van der Waals surface area (Å²) in [4.78, 5) is 12.2. The van der Waals surface area contributed by atoms with E-state index >= 15 is 0 Å². The molecule has 2 aromatic rings. The molecule has 1 aromatic heterocycles. The molecule has 0 saturated carbocycles.